The van der Waals surface area contributed by atoms with Gasteiger partial charge >= 0.3 is 0 Å². The van der Waals surface area contributed by atoms with Crippen LogP contribution in [0.2, 0.25) is 5.15 Å². The summed E-state index contributed by atoms with van der Waals surface area (Å²) in [7, 11) is 0. The number of amides is 1. The van der Waals surface area contributed by atoms with E-state index < -0.39 is 5.54 Å². The molecule has 0 saturated carbocycles. The van der Waals surface area contributed by atoms with E-state index in [1.807, 2.05) is 6.92 Å². The van der Waals surface area contributed by atoms with Crippen molar-refractivity contribution in [3.63, 3.8) is 0 Å². The van der Waals surface area contributed by atoms with Gasteiger partial charge in [0.1, 0.15) is 5.15 Å². The molecule has 0 radical (unpaired) electrons. The summed E-state index contributed by atoms with van der Waals surface area (Å²) in [6, 6.07) is 3.24. The molecule has 1 heterocycles. The summed E-state index contributed by atoms with van der Waals surface area (Å²) in [5.41, 5.74) is 5.52. The van der Waals surface area contributed by atoms with Gasteiger partial charge in [0.2, 0.25) is 5.91 Å². The van der Waals surface area contributed by atoms with Crippen LogP contribution in [-0.4, -0.2) is 16.4 Å². The predicted octanol–water partition coefficient (Wildman–Crippen LogP) is 1.80. The lowest BCUT2D eigenvalue weighted by molar-refractivity contribution is -0.120. The number of nitrogens with zero attached hydrogens (tertiary/aromatic N) is 1. The number of nitrogens with two attached hydrogens (primary N) is 1. The van der Waals surface area contributed by atoms with E-state index >= 15 is 0 Å². The number of aromatic nitrogens is 1. The number of rotatable bonds is 3. The van der Waals surface area contributed by atoms with E-state index in [1.165, 1.54) is 6.20 Å². The maximum Gasteiger partial charge on any atom is 0.244 e. The SMILES string of the molecule is CCC(C)(N)C(=O)Nc1ccnc(Cl)c1. The van der Waals surface area contributed by atoms with Gasteiger partial charge in [-0.25, -0.2) is 4.98 Å². The fourth-order valence-corrected chi connectivity index (χ4v) is 1.09. The predicted molar refractivity (Wildman–Crippen MR) is 60.8 cm³/mol. The first-order chi connectivity index (χ1) is 6.95. The van der Waals surface area contributed by atoms with Gasteiger partial charge in [-0.3, -0.25) is 4.79 Å². The van der Waals surface area contributed by atoms with Crippen molar-refractivity contribution in [2.75, 3.05) is 5.32 Å². The molecule has 3 N–H and O–H groups in total. The number of nitrogens with one attached hydrogen (secondary N) is 1. The monoisotopic (exact) mass is 227 g/mol. The molecule has 0 spiro atoms. The number of carbonyl (C=O) groups is 1. The van der Waals surface area contributed by atoms with Gasteiger partial charge in [-0.2, -0.15) is 0 Å². The standard InChI is InChI=1S/C10H14ClN3O/c1-3-10(2,12)9(15)14-7-4-5-13-8(11)6-7/h4-6H,3,12H2,1-2H3,(H,13,14,15). The maximum atomic E-state index is 11.7. The molecule has 0 aliphatic rings. The molecule has 0 fully saturated rings. The Morgan fingerprint density at radius 1 is 1.73 bits per heavy atom. The van der Waals surface area contributed by atoms with Crippen LogP contribution in [0.25, 0.3) is 0 Å². The van der Waals surface area contributed by atoms with Gasteiger partial charge in [0, 0.05) is 11.9 Å². The lowest BCUT2D eigenvalue weighted by Crippen LogP contribution is -2.47. The van der Waals surface area contributed by atoms with Gasteiger partial charge in [-0.15, -0.1) is 0 Å². The van der Waals surface area contributed by atoms with Gasteiger partial charge in [0.05, 0.1) is 5.54 Å². The average Bonchev–Trinajstić information content (AvgIpc) is 2.17. The van der Waals surface area contributed by atoms with E-state index in [9.17, 15) is 4.79 Å². The first-order valence-electron chi connectivity index (χ1n) is 4.67. The Morgan fingerprint density at radius 2 is 2.40 bits per heavy atom. The quantitative estimate of drug-likeness (QED) is 0.774. The zero-order valence-electron chi connectivity index (χ0n) is 8.75. The minimum absolute atomic E-state index is 0.229. The van der Waals surface area contributed by atoms with Crippen molar-refractivity contribution in [3.05, 3.63) is 23.5 Å². The summed E-state index contributed by atoms with van der Waals surface area (Å²) in [4.78, 5) is 15.5. The number of anilines is 1. The van der Waals surface area contributed by atoms with Gasteiger partial charge in [0.25, 0.3) is 0 Å². The molecule has 5 heteroatoms. The highest BCUT2D eigenvalue weighted by Gasteiger charge is 2.25. The smallest absolute Gasteiger partial charge is 0.244 e. The molecule has 1 atom stereocenters. The van der Waals surface area contributed by atoms with E-state index in [4.69, 9.17) is 17.3 Å². The van der Waals surface area contributed by atoms with Crippen LogP contribution in [0.5, 0.6) is 0 Å². The molecule has 4 nitrogen and oxygen atoms in total. The fourth-order valence-electron chi connectivity index (χ4n) is 0.915. The van der Waals surface area contributed by atoms with Crippen molar-refractivity contribution in [1.82, 2.24) is 4.98 Å². The average molecular weight is 228 g/mol. The van der Waals surface area contributed by atoms with Crippen LogP contribution in [0.4, 0.5) is 5.69 Å². The van der Waals surface area contributed by atoms with E-state index in [0.717, 1.165) is 0 Å². The lowest BCUT2D eigenvalue weighted by Gasteiger charge is -2.21. The second-order valence-electron chi connectivity index (χ2n) is 3.59. The number of hydrogen-bond donors (Lipinski definition) is 2. The molecule has 0 aliphatic heterocycles. The number of hydrogen-bond acceptors (Lipinski definition) is 3. The molecular formula is C10H14ClN3O. The lowest BCUT2D eigenvalue weighted by atomic mass is 9.99. The summed E-state index contributed by atoms with van der Waals surface area (Å²) in [6.07, 6.45) is 2.09. The zero-order valence-corrected chi connectivity index (χ0v) is 9.51. The number of pyridine rings is 1. The van der Waals surface area contributed by atoms with Gasteiger partial charge < -0.3 is 11.1 Å². The van der Waals surface area contributed by atoms with Crippen molar-refractivity contribution in [1.29, 1.82) is 0 Å². The first-order valence-corrected chi connectivity index (χ1v) is 5.05. The molecule has 1 aromatic rings. The van der Waals surface area contributed by atoms with Crippen LogP contribution in [0.1, 0.15) is 20.3 Å². The third-order valence-corrected chi connectivity index (χ3v) is 2.44. The van der Waals surface area contributed by atoms with Crippen molar-refractivity contribution in [2.24, 2.45) is 5.73 Å². The molecule has 1 aromatic heterocycles. The largest absolute Gasteiger partial charge is 0.324 e. The minimum atomic E-state index is -0.865. The van der Waals surface area contributed by atoms with E-state index in [1.54, 1.807) is 19.1 Å². The minimum Gasteiger partial charge on any atom is -0.324 e. The molecule has 1 rings (SSSR count). The van der Waals surface area contributed by atoms with Crippen LogP contribution < -0.4 is 11.1 Å². The molecule has 0 aliphatic carbocycles. The number of carbonyl (C=O) groups excluding carboxylic acids is 1. The van der Waals surface area contributed by atoms with Gasteiger partial charge in [0.15, 0.2) is 0 Å². The van der Waals surface area contributed by atoms with E-state index in [2.05, 4.69) is 10.3 Å². The normalized spacial score (nSPS) is 14.4. The first kappa shape index (κ1) is 11.9. The highest BCUT2D eigenvalue weighted by molar-refractivity contribution is 6.29. The van der Waals surface area contributed by atoms with E-state index in [0.29, 0.717) is 17.3 Å². The molecule has 1 unspecified atom stereocenters. The van der Waals surface area contributed by atoms with Crippen LogP contribution in [0.15, 0.2) is 18.3 Å². The molecular weight excluding hydrogens is 214 g/mol. The Bertz CT molecular complexity index is 365. The Labute approximate surface area is 93.8 Å². The maximum absolute atomic E-state index is 11.7. The molecule has 15 heavy (non-hydrogen) atoms. The second kappa shape index (κ2) is 4.59. The third-order valence-electron chi connectivity index (χ3n) is 2.24. The van der Waals surface area contributed by atoms with Crippen LogP contribution in [-0.2, 0) is 4.79 Å². The number of halogens is 1. The van der Waals surface area contributed by atoms with Gasteiger partial charge in [-0.05, 0) is 25.5 Å². The summed E-state index contributed by atoms with van der Waals surface area (Å²) >= 11 is 5.68. The van der Waals surface area contributed by atoms with E-state index in [-0.39, 0.29) is 5.91 Å². The zero-order chi connectivity index (χ0) is 11.5. The highest BCUT2D eigenvalue weighted by Crippen LogP contribution is 2.14. The Balaban J connectivity index is 2.75. The van der Waals surface area contributed by atoms with Crippen molar-refractivity contribution < 1.29 is 4.79 Å². The van der Waals surface area contributed by atoms with Crippen molar-refractivity contribution in [3.8, 4) is 0 Å². The van der Waals surface area contributed by atoms with Crippen LogP contribution >= 0.6 is 11.6 Å². The Morgan fingerprint density at radius 3 is 2.93 bits per heavy atom. The molecule has 82 valence electrons. The molecule has 0 saturated heterocycles. The Kier molecular flexibility index (Phi) is 3.66. The van der Waals surface area contributed by atoms with Crippen molar-refractivity contribution in [2.45, 2.75) is 25.8 Å². The highest BCUT2D eigenvalue weighted by atomic mass is 35.5. The topological polar surface area (TPSA) is 68.0 Å². The van der Waals surface area contributed by atoms with Crippen LogP contribution in [0.3, 0.4) is 0 Å². The summed E-state index contributed by atoms with van der Waals surface area (Å²) in [6.45, 7) is 3.55. The summed E-state index contributed by atoms with van der Waals surface area (Å²) in [5.74, 6) is -0.229. The second-order valence-corrected chi connectivity index (χ2v) is 3.98. The third kappa shape index (κ3) is 3.18. The van der Waals surface area contributed by atoms with Crippen LogP contribution in [0, 0.1) is 0 Å². The molecule has 1 amide bonds. The molecule has 0 bridgehead atoms. The van der Waals surface area contributed by atoms with Gasteiger partial charge in [-0.1, -0.05) is 18.5 Å². The fraction of sp³-hybridized carbons (Fsp3) is 0.400. The molecule has 0 aromatic carbocycles. The summed E-state index contributed by atoms with van der Waals surface area (Å²) < 4.78 is 0. The van der Waals surface area contributed by atoms with Crippen molar-refractivity contribution >= 4 is 23.2 Å². The summed E-state index contributed by atoms with van der Waals surface area (Å²) in [5, 5.41) is 3.02. The Hall–Kier alpha value is -1.13.